The first kappa shape index (κ1) is 16.4. The summed E-state index contributed by atoms with van der Waals surface area (Å²) < 4.78 is 6.19. The Kier molecular flexibility index (Phi) is 5.09. The molecule has 1 N–H and O–H groups in total. The minimum atomic E-state index is -0.476. The summed E-state index contributed by atoms with van der Waals surface area (Å²) in [5.74, 6) is -0.737. The van der Waals surface area contributed by atoms with Gasteiger partial charge in [-0.1, -0.05) is 22.7 Å². The van der Waals surface area contributed by atoms with E-state index in [1.54, 1.807) is 16.9 Å². The molecule has 2 aromatic rings. The molecule has 2 rings (SSSR count). The summed E-state index contributed by atoms with van der Waals surface area (Å²) in [5.41, 5.74) is 1.35. The maximum Gasteiger partial charge on any atom is 0.350 e. The van der Waals surface area contributed by atoms with Gasteiger partial charge in [0.25, 0.3) is 0 Å². The topological polar surface area (TPSA) is 90.3 Å². The molecule has 0 aliphatic rings. The Morgan fingerprint density at radius 1 is 1.41 bits per heavy atom. The van der Waals surface area contributed by atoms with Crippen molar-refractivity contribution < 1.29 is 14.3 Å². The molecule has 9 heteroatoms. The monoisotopic (exact) mass is 341 g/mol. The van der Waals surface area contributed by atoms with Gasteiger partial charge in [0.1, 0.15) is 4.88 Å². The maximum atomic E-state index is 11.9. The number of aryl methyl sites for hydroxylation is 2. The number of carbonyl (C=O) groups is 2. The Bertz CT molecular complexity index is 760. The third-order valence-electron chi connectivity index (χ3n) is 2.95. The molecule has 2 aromatic heterocycles. The summed E-state index contributed by atoms with van der Waals surface area (Å²) in [4.78, 5) is 39.4. The van der Waals surface area contributed by atoms with Gasteiger partial charge in [-0.05, 0) is 13.8 Å². The number of nitrogens with zero attached hydrogens (tertiary/aromatic N) is 2. The van der Waals surface area contributed by atoms with Gasteiger partial charge in [0, 0.05) is 24.0 Å². The third-order valence-corrected chi connectivity index (χ3v) is 4.89. The van der Waals surface area contributed by atoms with E-state index in [0.717, 1.165) is 28.4 Å². The summed E-state index contributed by atoms with van der Waals surface area (Å²) in [6, 6.07) is 0. The number of amides is 1. The molecule has 0 saturated carbocycles. The average Bonchev–Trinajstić information content (AvgIpc) is 2.99. The van der Waals surface area contributed by atoms with Crippen LogP contribution < -0.4 is 10.2 Å². The third kappa shape index (κ3) is 3.60. The molecule has 118 valence electrons. The molecule has 0 aliphatic carbocycles. The molecule has 22 heavy (non-hydrogen) atoms. The summed E-state index contributed by atoms with van der Waals surface area (Å²) >= 11 is 2.18. The van der Waals surface area contributed by atoms with Crippen LogP contribution in [-0.2, 0) is 16.1 Å². The van der Waals surface area contributed by atoms with Crippen LogP contribution in [0.25, 0.3) is 0 Å². The number of esters is 1. The van der Waals surface area contributed by atoms with E-state index in [0.29, 0.717) is 22.2 Å². The van der Waals surface area contributed by atoms with E-state index in [1.807, 2.05) is 6.92 Å². The van der Waals surface area contributed by atoms with E-state index in [-0.39, 0.29) is 17.2 Å². The van der Waals surface area contributed by atoms with Gasteiger partial charge in [-0.25, -0.2) is 9.78 Å². The highest BCUT2D eigenvalue weighted by Crippen LogP contribution is 2.23. The minimum Gasteiger partial charge on any atom is -0.465 e. The molecule has 0 unspecified atom stereocenters. The molecule has 7 nitrogen and oxygen atoms in total. The predicted octanol–water partition coefficient (Wildman–Crippen LogP) is 1.80. The van der Waals surface area contributed by atoms with Crippen LogP contribution in [0.1, 0.15) is 27.5 Å². The normalized spacial score (nSPS) is 10.5. The number of hydrogen-bond donors (Lipinski definition) is 1. The quantitative estimate of drug-likeness (QED) is 0.838. The highest BCUT2D eigenvalue weighted by molar-refractivity contribution is 7.17. The number of methoxy groups -OCH3 is 1. The van der Waals surface area contributed by atoms with Crippen molar-refractivity contribution in [3.8, 4) is 0 Å². The highest BCUT2D eigenvalue weighted by atomic mass is 32.1. The Morgan fingerprint density at radius 3 is 2.73 bits per heavy atom. The van der Waals surface area contributed by atoms with Gasteiger partial charge in [-0.2, -0.15) is 0 Å². The van der Waals surface area contributed by atoms with E-state index < -0.39 is 5.97 Å². The van der Waals surface area contributed by atoms with Gasteiger partial charge in [0.2, 0.25) is 5.91 Å². The molecule has 0 aliphatic heterocycles. The highest BCUT2D eigenvalue weighted by Gasteiger charge is 2.17. The lowest BCUT2D eigenvalue weighted by atomic mass is 10.4. The first-order valence-corrected chi connectivity index (χ1v) is 8.12. The lowest BCUT2D eigenvalue weighted by Gasteiger charge is -2.04. The largest absolute Gasteiger partial charge is 0.465 e. The summed E-state index contributed by atoms with van der Waals surface area (Å²) in [7, 11) is 1.29. The number of carbonyl (C=O) groups excluding carboxylic acids is 2. The van der Waals surface area contributed by atoms with Crippen molar-refractivity contribution in [2.24, 2.45) is 0 Å². The van der Waals surface area contributed by atoms with Crippen LogP contribution in [0.15, 0.2) is 10.2 Å². The van der Waals surface area contributed by atoms with Crippen molar-refractivity contribution in [3.05, 3.63) is 31.3 Å². The van der Waals surface area contributed by atoms with Gasteiger partial charge in [0.15, 0.2) is 5.13 Å². The van der Waals surface area contributed by atoms with Crippen LogP contribution in [0.3, 0.4) is 0 Å². The zero-order chi connectivity index (χ0) is 16.3. The first-order chi connectivity index (χ1) is 10.4. The molecule has 1 amide bonds. The van der Waals surface area contributed by atoms with E-state index in [4.69, 9.17) is 0 Å². The van der Waals surface area contributed by atoms with E-state index in [2.05, 4.69) is 15.0 Å². The molecule has 0 saturated heterocycles. The zero-order valence-corrected chi connectivity index (χ0v) is 14.0. The Labute approximate surface area is 134 Å². The number of aromatic nitrogens is 2. The van der Waals surface area contributed by atoms with E-state index in [1.165, 1.54) is 7.11 Å². The van der Waals surface area contributed by atoms with Gasteiger partial charge in [-0.15, -0.1) is 0 Å². The fourth-order valence-electron chi connectivity index (χ4n) is 1.80. The minimum absolute atomic E-state index is 0.0802. The molecule has 0 spiro atoms. The first-order valence-electron chi connectivity index (χ1n) is 6.43. The summed E-state index contributed by atoms with van der Waals surface area (Å²) in [6.07, 6.45) is 0.156. The van der Waals surface area contributed by atoms with Crippen LogP contribution in [0.4, 0.5) is 5.13 Å². The van der Waals surface area contributed by atoms with Gasteiger partial charge in [0.05, 0.1) is 12.8 Å². The van der Waals surface area contributed by atoms with Crippen molar-refractivity contribution in [1.82, 2.24) is 9.55 Å². The van der Waals surface area contributed by atoms with Gasteiger partial charge >= 0.3 is 10.8 Å². The zero-order valence-electron chi connectivity index (χ0n) is 12.3. The second-order valence-electron chi connectivity index (χ2n) is 4.52. The average molecular weight is 341 g/mol. The van der Waals surface area contributed by atoms with Gasteiger partial charge in [-0.3, -0.25) is 9.59 Å². The number of ether oxygens (including phenoxy) is 1. The van der Waals surface area contributed by atoms with Crippen LogP contribution in [0.2, 0.25) is 0 Å². The molecule has 0 bridgehead atoms. The lowest BCUT2D eigenvalue weighted by molar-refractivity contribution is -0.116. The molecule has 0 radical (unpaired) electrons. The molecule has 0 fully saturated rings. The fraction of sp³-hybridized carbons (Fsp3) is 0.385. The van der Waals surface area contributed by atoms with Crippen LogP contribution in [-0.4, -0.2) is 28.5 Å². The molecular formula is C13H15N3O4S2. The van der Waals surface area contributed by atoms with Crippen molar-refractivity contribution >= 4 is 39.7 Å². The Balaban J connectivity index is 1.98. The fourth-order valence-corrected chi connectivity index (χ4v) is 3.46. The summed E-state index contributed by atoms with van der Waals surface area (Å²) in [6.45, 7) is 3.81. The van der Waals surface area contributed by atoms with Gasteiger partial charge < -0.3 is 14.6 Å². The standard InChI is InChI=1S/C13H15N3O4S2/c1-7-6-21-13(19)16(7)5-4-9(17)15-12-14-8(2)10(22-12)11(18)20-3/h6H,4-5H2,1-3H3,(H,14,15,17). The second kappa shape index (κ2) is 6.84. The molecule has 0 atom stereocenters. The smallest absolute Gasteiger partial charge is 0.350 e. The van der Waals surface area contributed by atoms with Crippen molar-refractivity contribution in [2.45, 2.75) is 26.8 Å². The Hall–Kier alpha value is -2.00. The number of rotatable bonds is 5. The number of hydrogen-bond acceptors (Lipinski definition) is 7. The van der Waals surface area contributed by atoms with Crippen molar-refractivity contribution in [3.63, 3.8) is 0 Å². The van der Waals surface area contributed by atoms with Crippen LogP contribution in [0.5, 0.6) is 0 Å². The lowest BCUT2D eigenvalue weighted by Crippen LogP contribution is -2.20. The number of thiazole rings is 2. The predicted molar refractivity (Wildman–Crippen MR) is 84.8 cm³/mol. The second-order valence-corrected chi connectivity index (χ2v) is 6.34. The van der Waals surface area contributed by atoms with Crippen LogP contribution in [0, 0.1) is 13.8 Å². The number of anilines is 1. The molecular weight excluding hydrogens is 326 g/mol. The molecule has 2 heterocycles. The SMILES string of the molecule is COC(=O)c1sc(NC(=O)CCn2c(C)csc2=O)nc1C. The maximum absolute atomic E-state index is 11.9. The van der Waals surface area contributed by atoms with E-state index >= 15 is 0 Å². The Morgan fingerprint density at radius 2 is 2.14 bits per heavy atom. The number of nitrogens with one attached hydrogen (secondary N) is 1. The van der Waals surface area contributed by atoms with Crippen molar-refractivity contribution in [2.75, 3.05) is 12.4 Å². The van der Waals surface area contributed by atoms with Crippen molar-refractivity contribution in [1.29, 1.82) is 0 Å². The molecule has 0 aromatic carbocycles. The van der Waals surface area contributed by atoms with E-state index in [9.17, 15) is 14.4 Å². The summed E-state index contributed by atoms with van der Waals surface area (Å²) in [5, 5.41) is 4.73. The van der Waals surface area contributed by atoms with Crippen LogP contribution >= 0.6 is 22.7 Å².